The van der Waals surface area contributed by atoms with Crippen molar-refractivity contribution in [3.63, 3.8) is 0 Å². The highest BCUT2D eigenvalue weighted by atomic mass is 16.6. The number of rotatable bonds is 1. The smallest absolute Gasteiger partial charge is 0.223 e. The van der Waals surface area contributed by atoms with Crippen LogP contribution in [0, 0.1) is 0 Å². The van der Waals surface area contributed by atoms with Gasteiger partial charge in [0.1, 0.15) is 28.5 Å². The van der Waals surface area contributed by atoms with Gasteiger partial charge in [0.15, 0.2) is 0 Å². The Balaban J connectivity index is 1.90. The standard InChI is InChI=1S/C15H17N3O4/c1-15(2)14(20)13(18-5-3-4-12(18)19)8-6-9-10(17-22-16-9)7-11(8)21-15/h6-7,13-14,20H,3-5H2,1-2H3. The van der Waals surface area contributed by atoms with Crippen molar-refractivity contribution in [3.05, 3.63) is 17.7 Å². The van der Waals surface area contributed by atoms with Crippen LogP contribution >= 0.6 is 0 Å². The molecule has 0 bridgehead atoms. The van der Waals surface area contributed by atoms with E-state index in [1.807, 2.05) is 13.8 Å². The fourth-order valence-electron chi connectivity index (χ4n) is 3.34. The highest BCUT2D eigenvalue weighted by molar-refractivity contribution is 5.81. The molecule has 1 aromatic carbocycles. The highest BCUT2D eigenvalue weighted by Gasteiger charge is 2.47. The fourth-order valence-corrected chi connectivity index (χ4v) is 3.34. The summed E-state index contributed by atoms with van der Waals surface area (Å²) in [7, 11) is 0. The number of aliphatic hydroxyl groups excluding tert-OH is 1. The molecule has 1 N–H and O–H groups in total. The summed E-state index contributed by atoms with van der Waals surface area (Å²) in [5.74, 6) is 0.675. The molecule has 1 saturated heterocycles. The summed E-state index contributed by atoms with van der Waals surface area (Å²) in [6.07, 6.45) is 0.513. The third-order valence-corrected chi connectivity index (χ3v) is 4.53. The van der Waals surface area contributed by atoms with Crippen molar-refractivity contribution in [2.75, 3.05) is 6.54 Å². The second-order valence-electron chi connectivity index (χ2n) is 6.43. The molecule has 1 fully saturated rings. The zero-order valence-electron chi connectivity index (χ0n) is 12.4. The van der Waals surface area contributed by atoms with Gasteiger partial charge in [0.05, 0.1) is 6.04 Å². The van der Waals surface area contributed by atoms with Crippen LogP contribution in [0.5, 0.6) is 5.75 Å². The Hall–Kier alpha value is -2.15. The molecule has 22 heavy (non-hydrogen) atoms. The molecule has 2 aliphatic heterocycles. The largest absolute Gasteiger partial charge is 0.485 e. The van der Waals surface area contributed by atoms with Gasteiger partial charge in [0, 0.05) is 24.6 Å². The summed E-state index contributed by atoms with van der Waals surface area (Å²) >= 11 is 0. The molecule has 116 valence electrons. The lowest BCUT2D eigenvalue weighted by Gasteiger charge is -2.45. The molecule has 0 saturated carbocycles. The van der Waals surface area contributed by atoms with Crippen molar-refractivity contribution in [2.24, 2.45) is 0 Å². The van der Waals surface area contributed by atoms with Crippen LogP contribution < -0.4 is 4.74 Å². The molecular formula is C15H17N3O4. The lowest BCUT2D eigenvalue weighted by molar-refractivity contribution is -0.139. The molecule has 2 unspecified atom stereocenters. The van der Waals surface area contributed by atoms with Gasteiger partial charge in [-0.15, -0.1) is 0 Å². The summed E-state index contributed by atoms with van der Waals surface area (Å²) in [6.45, 7) is 4.28. The Morgan fingerprint density at radius 1 is 1.32 bits per heavy atom. The molecule has 0 aliphatic carbocycles. The number of hydrogen-bond donors (Lipinski definition) is 1. The number of nitrogens with zero attached hydrogens (tertiary/aromatic N) is 3. The van der Waals surface area contributed by atoms with Crippen molar-refractivity contribution in [3.8, 4) is 5.75 Å². The maximum Gasteiger partial charge on any atom is 0.223 e. The van der Waals surface area contributed by atoms with Crippen molar-refractivity contribution >= 4 is 16.9 Å². The third kappa shape index (κ3) is 1.81. The molecule has 2 aromatic rings. The third-order valence-electron chi connectivity index (χ3n) is 4.53. The normalized spacial score (nSPS) is 27.0. The number of hydrogen-bond acceptors (Lipinski definition) is 6. The van der Waals surface area contributed by atoms with Crippen LogP contribution in [0.2, 0.25) is 0 Å². The van der Waals surface area contributed by atoms with Crippen LogP contribution in [-0.4, -0.2) is 44.5 Å². The molecule has 2 aliphatic rings. The van der Waals surface area contributed by atoms with E-state index in [-0.39, 0.29) is 5.91 Å². The van der Waals surface area contributed by atoms with Gasteiger partial charge in [0.25, 0.3) is 0 Å². The summed E-state index contributed by atoms with van der Waals surface area (Å²) < 4.78 is 10.7. The number of aromatic nitrogens is 2. The number of ether oxygens (including phenoxy) is 1. The van der Waals surface area contributed by atoms with Crippen molar-refractivity contribution in [1.29, 1.82) is 0 Å². The van der Waals surface area contributed by atoms with Gasteiger partial charge >= 0.3 is 0 Å². The van der Waals surface area contributed by atoms with Gasteiger partial charge in [-0.25, -0.2) is 4.63 Å². The van der Waals surface area contributed by atoms with Crippen LogP contribution in [0.3, 0.4) is 0 Å². The molecule has 4 rings (SSSR count). The highest BCUT2D eigenvalue weighted by Crippen LogP contribution is 2.45. The van der Waals surface area contributed by atoms with E-state index in [1.54, 1.807) is 17.0 Å². The zero-order valence-corrected chi connectivity index (χ0v) is 12.4. The average molecular weight is 303 g/mol. The van der Waals surface area contributed by atoms with Crippen LogP contribution in [0.25, 0.3) is 11.0 Å². The molecule has 2 atom stereocenters. The van der Waals surface area contributed by atoms with Gasteiger partial charge in [-0.1, -0.05) is 0 Å². The number of fused-ring (bicyclic) bond motifs is 2. The SMILES string of the molecule is CC1(C)Oc2cc3nonc3cc2C(N2CCCC2=O)C1O. The maximum atomic E-state index is 12.2. The van der Waals surface area contributed by atoms with E-state index in [4.69, 9.17) is 9.37 Å². The molecule has 0 radical (unpaired) electrons. The van der Waals surface area contributed by atoms with E-state index >= 15 is 0 Å². The first kappa shape index (κ1) is 13.5. The Kier molecular flexibility index (Phi) is 2.72. The second kappa shape index (κ2) is 4.42. The summed E-state index contributed by atoms with van der Waals surface area (Å²) in [5, 5.41) is 18.4. The van der Waals surface area contributed by atoms with E-state index in [2.05, 4.69) is 10.3 Å². The van der Waals surface area contributed by atoms with Crippen molar-refractivity contribution in [2.45, 2.75) is 44.4 Å². The van der Waals surface area contributed by atoms with Gasteiger partial charge in [0.2, 0.25) is 5.91 Å². The van der Waals surface area contributed by atoms with Crippen molar-refractivity contribution < 1.29 is 19.3 Å². The van der Waals surface area contributed by atoms with Crippen LogP contribution in [-0.2, 0) is 4.79 Å². The molecule has 0 spiro atoms. The van der Waals surface area contributed by atoms with Gasteiger partial charge in [-0.05, 0) is 36.6 Å². The van der Waals surface area contributed by atoms with E-state index in [1.165, 1.54) is 0 Å². The number of likely N-dealkylation sites (tertiary alicyclic amines) is 1. The lowest BCUT2D eigenvalue weighted by atomic mass is 9.85. The second-order valence-corrected chi connectivity index (χ2v) is 6.43. The van der Waals surface area contributed by atoms with Gasteiger partial charge < -0.3 is 14.7 Å². The molecule has 1 aromatic heterocycles. The molecule has 7 nitrogen and oxygen atoms in total. The van der Waals surface area contributed by atoms with Gasteiger partial charge in [-0.2, -0.15) is 0 Å². The number of carbonyl (C=O) groups is 1. The minimum Gasteiger partial charge on any atom is -0.485 e. The number of carbonyl (C=O) groups excluding carboxylic acids is 1. The Labute approximate surface area is 126 Å². The average Bonchev–Trinajstić information content (AvgIpc) is 3.07. The van der Waals surface area contributed by atoms with E-state index in [0.717, 1.165) is 12.0 Å². The summed E-state index contributed by atoms with van der Waals surface area (Å²) in [4.78, 5) is 13.9. The quantitative estimate of drug-likeness (QED) is 0.857. The minimum atomic E-state index is -0.820. The Morgan fingerprint density at radius 3 is 2.73 bits per heavy atom. The Bertz CT molecular complexity index is 754. The lowest BCUT2D eigenvalue weighted by Crippen LogP contribution is -2.53. The fraction of sp³-hybridized carbons (Fsp3) is 0.533. The van der Waals surface area contributed by atoms with E-state index in [9.17, 15) is 9.90 Å². The number of amides is 1. The predicted molar refractivity (Wildman–Crippen MR) is 76.2 cm³/mol. The first-order chi connectivity index (χ1) is 10.5. The molecular weight excluding hydrogens is 286 g/mol. The minimum absolute atomic E-state index is 0.0612. The molecule has 7 heteroatoms. The maximum absolute atomic E-state index is 12.2. The van der Waals surface area contributed by atoms with E-state index in [0.29, 0.717) is 29.7 Å². The monoisotopic (exact) mass is 303 g/mol. The summed E-state index contributed by atoms with van der Waals surface area (Å²) in [5.41, 5.74) is 1.14. The van der Waals surface area contributed by atoms with Gasteiger partial charge in [-0.3, -0.25) is 4.79 Å². The van der Waals surface area contributed by atoms with Crippen molar-refractivity contribution in [1.82, 2.24) is 15.2 Å². The molecule has 3 heterocycles. The summed E-state index contributed by atoms with van der Waals surface area (Å²) in [6, 6.07) is 3.10. The Morgan fingerprint density at radius 2 is 2.05 bits per heavy atom. The van der Waals surface area contributed by atoms with Crippen LogP contribution in [0.1, 0.15) is 38.3 Å². The molecule has 1 amide bonds. The number of benzene rings is 1. The number of aliphatic hydroxyl groups is 1. The van der Waals surface area contributed by atoms with E-state index < -0.39 is 17.7 Å². The zero-order chi connectivity index (χ0) is 15.5. The van der Waals surface area contributed by atoms with Crippen LogP contribution in [0.4, 0.5) is 0 Å². The first-order valence-corrected chi connectivity index (χ1v) is 7.40. The predicted octanol–water partition coefficient (Wildman–Crippen LogP) is 1.42. The first-order valence-electron chi connectivity index (χ1n) is 7.40. The topological polar surface area (TPSA) is 88.7 Å². The van der Waals surface area contributed by atoms with Crippen LogP contribution in [0.15, 0.2) is 16.8 Å².